The SMILES string of the molecule is CC1CCC(=O)N(CC(CC(=O)O)NC(=O)OC(C)(C)C)C1=O. The van der Waals surface area contributed by atoms with Gasteiger partial charge in [0.05, 0.1) is 12.5 Å². The summed E-state index contributed by atoms with van der Waals surface area (Å²) in [6.45, 7) is 6.58. The molecule has 0 radical (unpaired) electrons. The first-order valence-electron chi connectivity index (χ1n) is 7.55. The number of amides is 3. The zero-order valence-corrected chi connectivity index (χ0v) is 13.9. The van der Waals surface area contributed by atoms with Crippen molar-refractivity contribution in [1.82, 2.24) is 10.2 Å². The number of hydrogen-bond acceptors (Lipinski definition) is 5. The molecule has 2 atom stereocenters. The molecule has 0 saturated carbocycles. The summed E-state index contributed by atoms with van der Waals surface area (Å²) >= 11 is 0. The number of rotatable bonds is 5. The average Bonchev–Trinajstić information content (AvgIpc) is 2.36. The number of nitrogens with zero attached hydrogens (tertiary/aromatic N) is 1. The molecule has 1 heterocycles. The van der Waals surface area contributed by atoms with E-state index in [9.17, 15) is 19.2 Å². The third kappa shape index (κ3) is 6.25. The summed E-state index contributed by atoms with van der Waals surface area (Å²) in [5, 5.41) is 11.4. The Balaban J connectivity index is 2.77. The number of piperidine rings is 1. The largest absolute Gasteiger partial charge is 0.481 e. The van der Waals surface area contributed by atoms with E-state index in [-0.39, 0.29) is 30.7 Å². The molecule has 1 aliphatic heterocycles. The number of alkyl carbamates (subject to hydrolysis) is 1. The molecule has 2 unspecified atom stereocenters. The predicted octanol–water partition coefficient (Wildman–Crippen LogP) is 1.14. The summed E-state index contributed by atoms with van der Waals surface area (Å²) in [5.74, 6) is -2.13. The third-order valence-corrected chi connectivity index (χ3v) is 3.32. The fraction of sp³-hybridized carbons (Fsp3) is 0.733. The zero-order chi connectivity index (χ0) is 17.8. The lowest BCUT2D eigenvalue weighted by Gasteiger charge is -2.32. The van der Waals surface area contributed by atoms with Gasteiger partial charge in [-0.3, -0.25) is 19.3 Å². The summed E-state index contributed by atoms with van der Waals surface area (Å²) in [5.41, 5.74) is -0.733. The Bertz CT molecular complexity index is 497. The highest BCUT2D eigenvalue weighted by atomic mass is 16.6. The Labute approximate surface area is 135 Å². The van der Waals surface area contributed by atoms with Crippen LogP contribution in [0.15, 0.2) is 0 Å². The van der Waals surface area contributed by atoms with Crippen molar-refractivity contribution in [3.63, 3.8) is 0 Å². The minimum atomic E-state index is -1.14. The van der Waals surface area contributed by atoms with Gasteiger partial charge in [0.25, 0.3) is 0 Å². The van der Waals surface area contributed by atoms with E-state index in [4.69, 9.17) is 9.84 Å². The number of aliphatic carboxylic acids is 1. The third-order valence-electron chi connectivity index (χ3n) is 3.32. The molecule has 0 aromatic heterocycles. The van der Waals surface area contributed by atoms with E-state index in [1.807, 2.05) is 0 Å². The van der Waals surface area contributed by atoms with Crippen LogP contribution < -0.4 is 5.32 Å². The molecule has 0 aliphatic carbocycles. The molecule has 130 valence electrons. The Morgan fingerprint density at radius 2 is 2.00 bits per heavy atom. The summed E-state index contributed by atoms with van der Waals surface area (Å²) in [6.07, 6.45) is -0.477. The van der Waals surface area contributed by atoms with Gasteiger partial charge in [-0.05, 0) is 27.2 Å². The van der Waals surface area contributed by atoms with Gasteiger partial charge >= 0.3 is 12.1 Å². The number of likely N-dealkylation sites (tertiary alicyclic amines) is 1. The van der Waals surface area contributed by atoms with Crippen LogP contribution in [0.5, 0.6) is 0 Å². The molecule has 0 aromatic rings. The topological polar surface area (TPSA) is 113 Å². The summed E-state index contributed by atoms with van der Waals surface area (Å²) in [6, 6.07) is -0.902. The molecule has 2 N–H and O–H groups in total. The lowest BCUT2D eigenvalue weighted by molar-refractivity contribution is -0.152. The average molecular weight is 328 g/mol. The first kappa shape index (κ1) is 18.9. The highest BCUT2D eigenvalue weighted by Gasteiger charge is 2.34. The number of ether oxygens (including phenoxy) is 1. The fourth-order valence-electron chi connectivity index (χ4n) is 2.25. The predicted molar refractivity (Wildman–Crippen MR) is 80.5 cm³/mol. The van der Waals surface area contributed by atoms with Crippen LogP contribution in [0.2, 0.25) is 0 Å². The molecule has 1 fully saturated rings. The van der Waals surface area contributed by atoms with Gasteiger partial charge < -0.3 is 15.2 Å². The molecule has 8 nitrogen and oxygen atoms in total. The van der Waals surface area contributed by atoms with Gasteiger partial charge in [-0.15, -0.1) is 0 Å². The fourth-order valence-corrected chi connectivity index (χ4v) is 2.25. The van der Waals surface area contributed by atoms with E-state index in [0.29, 0.717) is 6.42 Å². The summed E-state index contributed by atoms with van der Waals surface area (Å²) in [7, 11) is 0. The van der Waals surface area contributed by atoms with Crippen molar-refractivity contribution in [2.24, 2.45) is 5.92 Å². The molecule has 1 rings (SSSR count). The van der Waals surface area contributed by atoms with Gasteiger partial charge in [-0.2, -0.15) is 0 Å². The Morgan fingerprint density at radius 3 is 2.52 bits per heavy atom. The highest BCUT2D eigenvalue weighted by Crippen LogP contribution is 2.19. The first-order chi connectivity index (χ1) is 10.5. The second kappa shape index (κ2) is 7.43. The molecular weight excluding hydrogens is 304 g/mol. The smallest absolute Gasteiger partial charge is 0.407 e. The van der Waals surface area contributed by atoms with Crippen molar-refractivity contribution in [2.75, 3.05) is 6.54 Å². The molecule has 0 spiro atoms. The Hall–Kier alpha value is -2.12. The van der Waals surface area contributed by atoms with Gasteiger partial charge in [-0.1, -0.05) is 6.92 Å². The molecule has 3 amide bonds. The van der Waals surface area contributed by atoms with Crippen LogP contribution >= 0.6 is 0 Å². The molecule has 0 bridgehead atoms. The van der Waals surface area contributed by atoms with Gasteiger partial charge in [0.2, 0.25) is 11.8 Å². The van der Waals surface area contributed by atoms with Crippen molar-refractivity contribution in [3.05, 3.63) is 0 Å². The summed E-state index contributed by atoms with van der Waals surface area (Å²) < 4.78 is 5.08. The maximum atomic E-state index is 12.1. The number of carbonyl (C=O) groups is 4. The second-order valence-electron chi connectivity index (χ2n) is 6.72. The van der Waals surface area contributed by atoms with Crippen LogP contribution in [0.25, 0.3) is 0 Å². The molecule has 1 aliphatic rings. The molecular formula is C15H24N2O6. The Kier molecular flexibility index (Phi) is 6.12. The van der Waals surface area contributed by atoms with Crippen molar-refractivity contribution in [2.45, 2.75) is 58.6 Å². The van der Waals surface area contributed by atoms with Crippen LogP contribution in [-0.4, -0.2) is 52.1 Å². The molecule has 0 aromatic carbocycles. The van der Waals surface area contributed by atoms with Crippen LogP contribution in [0.1, 0.15) is 47.0 Å². The number of hydrogen-bond donors (Lipinski definition) is 2. The number of carboxylic acids is 1. The lowest BCUT2D eigenvalue weighted by atomic mass is 9.98. The number of nitrogens with one attached hydrogen (secondary N) is 1. The van der Waals surface area contributed by atoms with Gasteiger partial charge in [-0.25, -0.2) is 4.79 Å². The minimum absolute atomic E-state index is 0.173. The van der Waals surface area contributed by atoms with Crippen LogP contribution in [0.4, 0.5) is 4.79 Å². The Morgan fingerprint density at radius 1 is 1.39 bits per heavy atom. The number of carboxylic acid groups (broad SMARTS) is 1. The number of imide groups is 1. The normalized spacial score (nSPS) is 20.2. The van der Waals surface area contributed by atoms with E-state index in [1.165, 1.54) is 0 Å². The van der Waals surface area contributed by atoms with E-state index >= 15 is 0 Å². The van der Waals surface area contributed by atoms with Gasteiger partial charge in [0.15, 0.2) is 0 Å². The van der Waals surface area contributed by atoms with E-state index < -0.39 is 30.1 Å². The zero-order valence-electron chi connectivity index (χ0n) is 13.9. The quantitative estimate of drug-likeness (QED) is 0.732. The van der Waals surface area contributed by atoms with E-state index in [1.54, 1.807) is 27.7 Å². The van der Waals surface area contributed by atoms with Gasteiger partial charge in [0.1, 0.15) is 5.60 Å². The monoisotopic (exact) mass is 328 g/mol. The van der Waals surface area contributed by atoms with Gasteiger partial charge in [0, 0.05) is 18.9 Å². The van der Waals surface area contributed by atoms with Crippen molar-refractivity contribution < 1.29 is 29.0 Å². The standard InChI is InChI=1S/C15H24N2O6/c1-9-5-6-11(18)17(13(9)21)8-10(7-12(19)20)16-14(22)23-15(2,3)4/h9-10H,5-8H2,1-4H3,(H,16,22)(H,19,20). The molecule has 23 heavy (non-hydrogen) atoms. The lowest BCUT2D eigenvalue weighted by Crippen LogP contribution is -2.52. The maximum Gasteiger partial charge on any atom is 0.407 e. The van der Waals surface area contributed by atoms with E-state index in [0.717, 1.165) is 4.90 Å². The maximum absolute atomic E-state index is 12.1. The minimum Gasteiger partial charge on any atom is -0.481 e. The van der Waals surface area contributed by atoms with Crippen molar-refractivity contribution in [1.29, 1.82) is 0 Å². The summed E-state index contributed by atoms with van der Waals surface area (Å²) in [4.78, 5) is 47.8. The second-order valence-corrected chi connectivity index (χ2v) is 6.72. The van der Waals surface area contributed by atoms with E-state index in [2.05, 4.69) is 5.32 Å². The van der Waals surface area contributed by atoms with Crippen LogP contribution in [-0.2, 0) is 19.1 Å². The molecule has 1 saturated heterocycles. The van der Waals surface area contributed by atoms with Crippen LogP contribution in [0.3, 0.4) is 0 Å². The first-order valence-corrected chi connectivity index (χ1v) is 7.55. The van der Waals surface area contributed by atoms with Crippen LogP contribution in [0, 0.1) is 5.92 Å². The molecule has 8 heteroatoms. The van der Waals surface area contributed by atoms with Crippen molar-refractivity contribution in [3.8, 4) is 0 Å². The number of carbonyl (C=O) groups excluding carboxylic acids is 3. The highest BCUT2D eigenvalue weighted by molar-refractivity contribution is 5.98. The van der Waals surface area contributed by atoms with Crippen molar-refractivity contribution >= 4 is 23.9 Å².